The number of esters is 2. The van der Waals surface area contributed by atoms with Crippen molar-refractivity contribution in [2.45, 2.75) is 78.1 Å². The minimum absolute atomic E-state index is 0.205. The normalized spacial score (nSPS) is 39.3. The zero-order chi connectivity index (χ0) is 22.4. The van der Waals surface area contributed by atoms with Crippen LogP contribution in [-0.4, -0.2) is 31.9 Å². The highest BCUT2D eigenvalue weighted by molar-refractivity contribution is 5.94. The Morgan fingerprint density at radius 2 is 1.71 bits per heavy atom. The second kappa shape index (κ2) is 8.37. The van der Waals surface area contributed by atoms with Crippen LogP contribution in [0.5, 0.6) is 0 Å². The lowest BCUT2D eigenvalue weighted by Crippen LogP contribution is -2.50. The lowest BCUT2D eigenvalue weighted by molar-refractivity contribution is -0.159. The number of hydrogen-bond donors (Lipinski definition) is 0. The number of allylic oxidation sites excluding steroid dienone is 1. The quantitative estimate of drug-likeness (QED) is 0.459. The zero-order valence-electron chi connectivity index (χ0n) is 19.6. The van der Waals surface area contributed by atoms with Gasteiger partial charge in [0.25, 0.3) is 0 Å². The first kappa shape index (κ1) is 22.5. The van der Waals surface area contributed by atoms with Gasteiger partial charge in [-0.15, -0.1) is 0 Å². The van der Waals surface area contributed by atoms with Crippen molar-refractivity contribution in [1.82, 2.24) is 0 Å². The molecule has 0 aromatic rings. The topological polar surface area (TPSA) is 69.7 Å². The summed E-state index contributed by atoms with van der Waals surface area (Å²) in [6.07, 6.45) is 12.2. The maximum atomic E-state index is 12.1. The lowest BCUT2D eigenvalue weighted by Gasteiger charge is -2.58. The highest BCUT2D eigenvalue weighted by atomic mass is 16.5. The van der Waals surface area contributed by atoms with E-state index in [4.69, 9.17) is 9.47 Å². The molecule has 6 unspecified atom stereocenters. The smallest absolute Gasteiger partial charge is 0.320 e. The van der Waals surface area contributed by atoms with Crippen LogP contribution >= 0.6 is 0 Å². The van der Waals surface area contributed by atoms with Crippen LogP contribution in [0.15, 0.2) is 11.6 Å². The minimum atomic E-state index is -0.810. The van der Waals surface area contributed by atoms with E-state index in [0.29, 0.717) is 36.4 Å². The largest absolute Gasteiger partial charge is 0.468 e. The van der Waals surface area contributed by atoms with E-state index >= 15 is 0 Å². The number of carbonyl (C=O) groups excluding carboxylic acids is 3. The summed E-state index contributed by atoms with van der Waals surface area (Å²) in [5, 5.41) is 0. The standard InChI is InChI=1S/C26H38O5/c1-25-14-12-22-19(8-6-17-15-18(27)11-13-26(17,22)2)21(25)10-7-16(25)5-9-20(23(28)30-3)24(29)31-4/h15-16,19-22H,5-14H2,1-4H3. The molecule has 0 bridgehead atoms. The van der Waals surface area contributed by atoms with Crippen LogP contribution in [-0.2, 0) is 23.9 Å². The molecule has 4 rings (SSSR count). The lowest BCUT2D eigenvalue weighted by atomic mass is 9.46. The highest BCUT2D eigenvalue weighted by Crippen LogP contribution is 2.67. The Labute approximate surface area is 186 Å². The first-order chi connectivity index (χ1) is 14.7. The number of carbonyl (C=O) groups is 3. The van der Waals surface area contributed by atoms with E-state index in [0.717, 1.165) is 25.2 Å². The maximum absolute atomic E-state index is 12.1. The summed E-state index contributed by atoms with van der Waals surface area (Å²) in [5.41, 5.74) is 1.90. The van der Waals surface area contributed by atoms with Gasteiger partial charge in [0.05, 0.1) is 14.2 Å². The van der Waals surface area contributed by atoms with E-state index in [2.05, 4.69) is 13.8 Å². The Morgan fingerprint density at radius 3 is 2.39 bits per heavy atom. The van der Waals surface area contributed by atoms with Crippen LogP contribution in [0.25, 0.3) is 0 Å². The van der Waals surface area contributed by atoms with Crippen LogP contribution in [0.4, 0.5) is 0 Å². The van der Waals surface area contributed by atoms with Gasteiger partial charge < -0.3 is 9.47 Å². The Bertz CT molecular complexity index is 769. The number of fused-ring (bicyclic) bond motifs is 5. The van der Waals surface area contributed by atoms with Gasteiger partial charge in [-0.3, -0.25) is 14.4 Å². The molecule has 0 aliphatic heterocycles. The van der Waals surface area contributed by atoms with Gasteiger partial charge >= 0.3 is 11.9 Å². The highest BCUT2D eigenvalue weighted by Gasteiger charge is 2.58. The third-order valence-corrected chi connectivity index (χ3v) is 9.93. The van der Waals surface area contributed by atoms with Crippen LogP contribution in [0.1, 0.15) is 78.1 Å². The molecule has 4 aliphatic rings. The molecule has 0 aromatic carbocycles. The molecular weight excluding hydrogens is 392 g/mol. The van der Waals surface area contributed by atoms with Crippen molar-refractivity contribution in [3.05, 3.63) is 11.6 Å². The zero-order valence-corrected chi connectivity index (χ0v) is 19.6. The fraction of sp³-hybridized carbons (Fsp3) is 0.808. The Kier molecular flexibility index (Phi) is 6.08. The average molecular weight is 431 g/mol. The third-order valence-electron chi connectivity index (χ3n) is 9.93. The molecule has 5 heteroatoms. The van der Waals surface area contributed by atoms with E-state index < -0.39 is 17.9 Å². The Morgan fingerprint density at radius 1 is 1.00 bits per heavy atom. The van der Waals surface area contributed by atoms with Crippen LogP contribution in [0.3, 0.4) is 0 Å². The van der Waals surface area contributed by atoms with E-state index in [9.17, 15) is 14.4 Å². The first-order valence-corrected chi connectivity index (χ1v) is 12.1. The van der Waals surface area contributed by atoms with Crippen molar-refractivity contribution >= 4 is 17.7 Å². The summed E-state index contributed by atoms with van der Waals surface area (Å²) < 4.78 is 9.71. The van der Waals surface area contributed by atoms with E-state index in [1.807, 2.05) is 6.08 Å². The summed E-state index contributed by atoms with van der Waals surface area (Å²) >= 11 is 0. The maximum Gasteiger partial charge on any atom is 0.320 e. The molecule has 0 spiro atoms. The molecule has 0 saturated heterocycles. The van der Waals surface area contributed by atoms with E-state index in [-0.39, 0.29) is 10.8 Å². The SMILES string of the molecule is COC(=O)C(CCC1CCC2C3CCC4=CC(=O)CCC4(C)C3CCC12C)C(=O)OC. The fourth-order valence-electron chi connectivity index (χ4n) is 8.13. The summed E-state index contributed by atoms with van der Waals surface area (Å²) in [6, 6.07) is 0. The predicted molar refractivity (Wildman–Crippen MR) is 117 cm³/mol. The van der Waals surface area contributed by atoms with Crippen molar-refractivity contribution in [2.75, 3.05) is 14.2 Å². The molecule has 0 aromatic heterocycles. The number of rotatable bonds is 5. The van der Waals surface area contributed by atoms with Gasteiger partial charge in [0.1, 0.15) is 0 Å². The van der Waals surface area contributed by atoms with Gasteiger partial charge in [0.2, 0.25) is 0 Å². The molecule has 0 radical (unpaired) electrons. The van der Waals surface area contributed by atoms with Gasteiger partial charge in [0.15, 0.2) is 11.7 Å². The van der Waals surface area contributed by atoms with Gasteiger partial charge in [-0.05, 0) is 98.4 Å². The molecule has 0 heterocycles. The number of ether oxygens (including phenoxy) is 2. The summed E-state index contributed by atoms with van der Waals surface area (Å²) in [5.74, 6) is 1.21. The molecule has 0 amide bonds. The molecule has 0 N–H and O–H groups in total. The van der Waals surface area contributed by atoms with Gasteiger partial charge in [0, 0.05) is 6.42 Å². The Hall–Kier alpha value is -1.65. The number of methoxy groups -OCH3 is 2. The number of ketones is 1. The fourth-order valence-corrected chi connectivity index (χ4v) is 8.13. The van der Waals surface area contributed by atoms with Crippen LogP contribution in [0, 0.1) is 40.4 Å². The predicted octanol–water partition coefficient (Wildman–Crippen LogP) is 4.88. The van der Waals surface area contributed by atoms with Crippen molar-refractivity contribution < 1.29 is 23.9 Å². The molecule has 3 fully saturated rings. The molecular formula is C26H38O5. The summed E-state index contributed by atoms with van der Waals surface area (Å²) in [7, 11) is 2.66. The third kappa shape index (κ3) is 3.66. The van der Waals surface area contributed by atoms with Crippen molar-refractivity contribution in [3.63, 3.8) is 0 Å². The monoisotopic (exact) mass is 430 g/mol. The molecule has 172 valence electrons. The molecule has 31 heavy (non-hydrogen) atoms. The van der Waals surface area contributed by atoms with Gasteiger partial charge in [-0.1, -0.05) is 19.4 Å². The van der Waals surface area contributed by atoms with E-state index in [1.54, 1.807) is 0 Å². The minimum Gasteiger partial charge on any atom is -0.468 e. The van der Waals surface area contributed by atoms with Crippen molar-refractivity contribution in [3.8, 4) is 0 Å². The molecule has 6 atom stereocenters. The van der Waals surface area contributed by atoms with Gasteiger partial charge in [-0.25, -0.2) is 0 Å². The van der Waals surface area contributed by atoms with Gasteiger partial charge in [-0.2, -0.15) is 0 Å². The van der Waals surface area contributed by atoms with Crippen molar-refractivity contribution in [1.29, 1.82) is 0 Å². The van der Waals surface area contributed by atoms with Crippen LogP contribution < -0.4 is 0 Å². The summed E-state index contributed by atoms with van der Waals surface area (Å²) in [4.78, 5) is 36.2. The molecule has 5 nitrogen and oxygen atoms in total. The summed E-state index contributed by atoms with van der Waals surface area (Å²) in [6.45, 7) is 4.89. The van der Waals surface area contributed by atoms with E-state index in [1.165, 1.54) is 51.9 Å². The average Bonchev–Trinajstić information content (AvgIpc) is 3.10. The molecule has 3 saturated carbocycles. The van der Waals surface area contributed by atoms with Crippen molar-refractivity contribution in [2.24, 2.45) is 40.4 Å². The molecule has 4 aliphatic carbocycles. The second-order valence-corrected chi connectivity index (χ2v) is 11.0. The Balaban J connectivity index is 1.48. The van der Waals surface area contributed by atoms with Crippen LogP contribution in [0.2, 0.25) is 0 Å². The number of hydrogen-bond acceptors (Lipinski definition) is 5. The second-order valence-electron chi connectivity index (χ2n) is 11.0. The first-order valence-electron chi connectivity index (χ1n) is 12.1.